The Morgan fingerprint density at radius 2 is 1.92 bits per heavy atom. The van der Waals surface area contributed by atoms with Gasteiger partial charge in [0.05, 0.1) is 0 Å². The van der Waals surface area contributed by atoms with E-state index in [1.165, 1.54) is 0 Å². The number of amides is 1. The lowest BCUT2D eigenvalue weighted by Crippen LogP contribution is -2.40. The summed E-state index contributed by atoms with van der Waals surface area (Å²) in [5.41, 5.74) is -0.253. The maximum absolute atomic E-state index is 13.8. The maximum Gasteiger partial charge on any atom is 0.331 e. The first-order valence-corrected chi connectivity index (χ1v) is 8.49. The van der Waals surface area contributed by atoms with Gasteiger partial charge in [0.1, 0.15) is 11.6 Å². The third-order valence-corrected chi connectivity index (χ3v) is 4.68. The molecule has 138 valence electrons. The number of carbonyl (C=O) groups is 2. The molecule has 1 aliphatic heterocycles. The summed E-state index contributed by atoms with van der Waals surface area (Å²) < 4.78 is 26.8. The van der Waals surface area contributed by atoms with Gasteiger partial charge in [-0.3, -0.25) is 4.79 Å². The molecule has 0 aliphatic carbocycles. The fourth-order valence-electron chi connectivity index (χ4n) is 3.16. The van der Waals surface area contributed by atoms with Crippen LogP contribution in [0.5, 0.6) is 0 Å². The Kier molecular flexibility index (Phi) is 6.47. The standard InChI is InChI=1S/C18H24F2N2O3/c1-11(2)22-7-5-12(6-8-22)9-16(23)21-17(18(24)25)14-4-3-13(19)10-15(14)20/h3-4,10-12,17H,5-9H2,1-2H3,(H,21,23)(H,24,25)/t17-/m1/s1. The van der Waals surface area contributed by atoms with Crippen LogP contribution >= 0.6 is 0 Å². The van der Waals surface area contributed by atoms with Crippen LogP contribution < -0.4 is 5.32 Å². The van der Waals surface area contributed by atoms with Crippen molar-refractivity contribution in [2.45, 2.75) is 45.2 Å². The first-order valence-electron chi connectivity index (χ1n) is 8.49. The summed E-state index contributed by atoms with van der Waals surface area (Å²) in [6.45, 7) is 6.07. The van der Waals surface area contributed by atoms with E-state index >= 15 is 0 Å². The molecule has 0 aromatic heterocycles. The van der Waals surface area contributed by atoms with Crippen molar-refractivity contribution in [3.63, 3.8) is 0 Å². The summed E-state index contributed by atoms with van der Waals surface area (Å²) in [6, 6.07) is 1.57. The van der Waals surface area contributed by atoms with E-state index in [4.69, 9.17) is 0 Å². The highest BCUT2D eigenvalue weighted by molar-refractivity contribution is 5.84. The van der Waals surface area contributed by atoms with Crippen LogP contribution in [0.2, 0.25) is 0 Å². The van der Waals surface area contributed by atoms with Gasteiger partial charge in [0, 0.05) is 24.1 Å². The average Bonchev–Trinajstić information content (AvgIpc) is 2.53. The van der Waals surface area contributed by atoms with Crippen LogP contribution in [0.3, 0.4) is 0 Å². The number of nitrogens with one attached hydrogen (secondary N) is 1. The zero-order valence-electron chi connectivity index (χ0n) is 14.5. The van der Waals surface area contributed by atoms with E-state index in [0.29, 0.717) is 12.1 Å². The first kappa shape index (κ1) is 19.3. The number of rotatable bonds is 6. The second-order valence-corrected chi connectivity index (χ2v) is 6.78. The van der Waals surface area contributed by atoms with Crippen LogP contribution in [-0.4, -0.2) is 41.0 Å². The molecule has 1 aromatic rings. The molecular formula is C18H24F2N2O3. The molecule has 0 spiro atoms. The monoisotopic (exact) mass is 354 g/mol. The third-order valence-electron chi connectivity index (χ3n) is 4.68. The molecule has 0 radical (unpaired) electrons. The highest BCUT2D eigenvalue weighted by atomic mass is 19.1. The molecule has 1 fully saturated rings. The van der Waals surface area contributed by atoms with Crippen molar-refractivity contribution in [3.05, 3.63) is 35.4 Å². The molecule has 1 heterocycles. The topological polar surface area (TPSA) is 69.6 Å². The van der Waals surface area contributed by atoms with Crippen molar-refractivity contribution < 1.29 is 23.5 Å². The van der Waals surface area contributed by atoms with Gasteiger partial charge in [-0.2, -0.15) is 0 Å². The molecule has 1 aromatic carbocycles. The van der Waals surface area contributed by atoms with Crippen LogP contribution in [0, 0.1) is 17.6 Å². The summed E-state index contributed by atoms with van der Waals surface area (Å²) in [6.07, 6.45) is 1.95. The average molecular weight is 354 g/mol. The molecule has 1 saturated heterocycles. The lowest BCUT2D eigenvalue weighted by molar-refractivity contribution is -0.142. The molecular weight excluding hydrogens is 330 g/mol. The summed E-state index contributed by atoms with van der Waals surface area (Å²) in [5.74, 6) is -3.42. The summed E-state index contributed by atoms with van der Waals surface area (Å²) in [4.78, 5) is 25.9. The number of hydrogen-bond acceptors (Lipinski definition) is 3. The number of piperidine rings is 1. The van der Waals surface area contributed by atoms with Crippen LogP contribution in [0.1, 0.15) is 44.7 Å². The Morgan fingerprint density at radius 3 is 2.44 bits per heavy atom. The quantitative estimate of drug-likeness (QED) is 0.824. The van der Waals surface area contributed by atoms with Crippen molar-refractivity contribution in [2.24, 2.45) is 5.92 Å². The lowest BCUT2D eigenvalue weighted by atomic mass is 9.92. The van der Waals surface area contributed by atoms with Gasteiger partial charge in [-0.1, -0.05) is 6.07 Å². The summed E-state index contributed by atoms with van der Waals surface area (Å²) in [5, 5.41) is 11.6. The minimum Gasteiger partial charge on any atom is -0.479 e. The van der Waals surface area contributed by atoms with Crippen molar-refractivity contribution in [1.29, 1.82) is 0 Å². The van der Waals surface area contributed by atoms with Crippen molar-refractivity contribution in [2.75, 3.05) is 13.1 Å². The molecule has 0 unspecified atom stereocenters. The van der Waals surface area contributed by atoms with E-state index in [9.17, 15) is 23.5 Å². The van der Waals surface area contributed by atoms with Gasteiger partial charge < -0.3 is 15.3 Å². The smallest absolute Gasteiger partial charge is 0.331 e. The van der Waals surface area contributed by atoms with Crippen molar-refractivity contribution in [1.82, 2.24) is 10.2 Å². The Morgan fingerprint density at radius 1 is 1.28 bits per heavy atom. The van der Waals surface area contributed by atoms with Crippen molar-refractivity contribution >= 4 is 11.9 Å². The Labute approximate surface area is 146 Å². The number of carbonyl (C=O) groups excluding carboxylic acids is 1. The highest BCUT2D eigenvalue weighted by Crippen LogP contribution is 2.23. The molecule has 0 saturated carbocycles. The zero-order valence-corrected chi connectivity index (χ0v) is 14.5. The predicted molar refractivity (Wildman–Crippen MR) is 88.9 cm³/mol. The molecule has 2 rings (SSSR count). The van der Waals surface area contributed by atoms with Gasteiger partial charge in [0.2, 0.25) is 5.91 Å². The Hall–Kier alpha value is -2.02. The molecule has 0 bridgehead atoms. The summed E-state index contributed by atoms with van der Waals surface area (Å²) >= 11 is 0. The van der Waals surface area contributed by atoms with E-state index in [2.05, 4.69) is 24.1 Å². The molecule has 1 amide bonds. The SMILES string of the molecule is CC(C)N1CCC(CC(=O)N[C@@H](C(=O)O)c2ccc(F)cc2F)CC1. The minimum atomic E-state index is -1.52. The van der Waals surface area contributed by atoms with Gasteiger partial charge in [-0.25, -0.2) is 13.6 Å². The molecule has 5 nitrogen and oxygen atoms in total. The van der Waals surface area contributed by atoms with E-state index < -0.39 is 29.6 Å². The Balaban J connectivity index is 1.96. The molecule has 7 heteroatoms. The highest BCUT2D eigenvalue weighted by Gasteiger charge is 2.28. The van der Waals surface area contributed by atoms with E-state index in [1.807, 2.05) is 0 Å². The zero-order chi connectivity index (χ0) is 18.6. The van der Waals surface area contributed by atoms with Gasteiger partial charge >= 0.3 is 5.97 Å². The first-order chi connectivity index (χ1) is 11.8. The van der Waals surface area contributed by atoms with Crippen LogP contribution in [0.25, 0.3) is 0 Å². The number of carboxylic acid groups (broad SMARTS) is 1. The molecule has 2 N–H and O–H groups in total. The van der Waals surface area contributed by atoms with Crippen molar-refractivity contribution in [3.8, 4) is 0 Å². The van der Waals surface area contributed by atoms with Gasteiger partial charge in [0.15, 0.2) is 6.04 Å². The number of likely N-dealkylation sites (tertiary alicyclic amines) is 1. The third kappa shape index (κ3) is 5.22. The van der Waals surface area contributed by atoms with Crippen LogP contribution in [0.15, 0.2) is 18.2 Å². The molecule has 1 aliphatic rings. The number of carboxylic acids is 1. The number of aliphatic carboxylic acids is 1. The number of nitrogens with zero attached hydrogens (tertiary/aromatic N) is 1. The lowest BCUT2D eigenvalue weighted by Gasteiger charge is -2.34. The second-order valence-electron chi connectivity index (χ2n) is 6.78. The maximum atomic E-state index is 13.8. The summed E-state index contributed by atoms with van der Waals surface area (Å²) in [7, 11) is 0. The molecule has 1 atom stereocenters. The number of halogens is 2. The van der Waals surface area contributed by atoms with Gasteiger partial charge in [-0.05, 0) is 51.8 Å². The van der Waals surface area contributed by atoms with E-state index in [-0.39, 0.29) is 17.9 Å². The fourth-order valence-corrected chi connectivity index (χ4v) is 3.16. The predicted octanol–water partition coefficient (Wildman–Crippen LogP) is 2.72. The van der Waals surface area contributed by atoms with Gasteiger partial charge in [-0.15, -0.1) is 0 Å². The van der Waals surface area contributed by atoms with Crippen LogP contribution in [-0.2, 0) is 9.59 Å². The van der Waals surface area contributed by atoms with Gasteiger partial charge in [0.25, 0.3) is 0 Å². The molecule has 25 heavy (non-hydrogen) atoms. The number of hydrogen-bond donors (Lipinski definition) is 2. The number of benzene rings is 1. The fraction of sp³-hybridized carbons (Fsp3) is 0.556. The second kappa shape index (κ2) is 8.38. The Bertz CT molecular complexity index is 629. The van der Waals surface area contributed by atoms with Crippen LogP contribution in [0.4, 0.5) is 8.78 Å². The normalized spacial score (nSPS) is 17.5. The van der Waals surface area contributed by atoms with E-state index in [1.54, 1.807) is 0 Å². The van der Waals surface area contributed by atoms with E-state index in [0.717, 1.165) is 38.1 Å². The largest absolute Gasteiger partial charge is 0.479 e. The minimum absolute atomic E-state index is 0.183.